The minimum atomic E-state index is -4.31. The van der Waals surface area contributed by atoms with E-state index < -0.39 is 17.6 Å². The Bertz CT molecular complexity index is 800. The first-order valence-corrected chi connectivity index (χ1v) is 8.63. The number of aromatic amines is 1. The van der Waals surface area contributed by atoms with Gasteiger partial charge in [0.1, 0.15) is 5.52 Å². The van der Waals surface area contributed by atoms with Gasteiger partial charge in [-0.1, -0.05) is 6.92 Å². The van der Waals surface area contributed by atoms with Crippen LogP contribution in [-0.2, 0) is 0 Å². The Labute approximate surface area is 145 Å². The van der Waals surface area contributed by atoms with Crippen molar-refractivity contribution in [3.63, 3.8) is 0 Å². The van der Waals surface area contributed by atoms with Crippen molar-refractivity contribution >= 4 is 16.9 Å². The van der Waals surface area contributed by atoms with Crippen molar-refractivity contribution in [1.29, 1.82) is 0 Å². The molecule has 2 aromatic rings. The summed E-state index contributed by atoms with van der Waals surface area (Å²) in [4.78, 5) is 16.6. The van der Waals surface area contributed by atoms with Crippen LogP contribution in [0, 0.1) is 5.41 Å². The first-order valence-electron chi connectivity index (χ1n) is 8.63. The molecule has 25 heavy (non-hydrogen) atoms. The molecular weight excluding hydrogens is 329 g/mol. The molecule has 2 aromatic heterocycles. The molecule has 0 spiro atoms. The third-order valence-electron chi connectivity index (χ3n) is 5.17. The molecule has 1 unspecified atom stereocenters. The average molecular weight is 352 g/mol. The van der Waals surface area contributed by atoms with Crippen molar-refractivity contribution in [2.24, 2.45) is 10.4 Å². The van der Waals surface area contributed by atoms with Gasteiger partial charge < -0.3 is 4.98 Å². The molecule has 1 aliphatic carbocycles. The second-order valence-electron chi connectivity index (χ2n) is 7.29. The van der Waals surface area contributed by atoms with Crippen LogP contribution in [0.5, 0.6) is 0 Å². The molecule has 0 aliphatic heterocycles. The van der Waals surface area contributed by atoms with Gasteiger partial charge in [0.25, 0.3) is 0 Å². The van der Waals surface area contributed by atoms with Crippen LogP contribution >= 0.6 is 0 Å². The number of aromatic nitrogens is 3. The zero-order chi connectivity index (χ0) is 18.4. The SMILES string of the molecule is CCC(=NC(C)C(C)(C)C(F)(F)F)c1c[nH]c2ncc(C3CC3)nc12. The van der Waals surface area contributed by atoms with Crippen molar-refractivity contribution in [2.75, 3.05) is 0 Å². The predicted octanol–water partition coefficient (Wildman–Crippen LogP) is 5.01. The standard InChI is InChI=1S/C18H23F3N4/c1-5-13(24-10(2)17(3,4)18(19,20)21)12-8-22-16-15(12)25-14(9-23-16)11-6-7-11/h8-11H,5-7H2,1-4H3,(H,22,23). The van der Waals surface area contributed by atoms with Gasteiger partial charge in [-0.05, 0) is 40.0 Å². The van der Waals surface area contributed by atoms with Crippen molar-refractivity contribution in [3.05, 3.63) is 23.7 Å². The first kappa shape index (κ1) is 17.9. The van der Waals surface area contributed by atoms with Crippen LogP contribution in [0.1, 0.15) is 64.1 Å². The highest BCUT2D eigenvalue weighted by atomic mass is 19.4. The lowest BCUT2D eigenvalue weighted by molar-refractivity contribution is -0.216. The summed E-state index contributed by atoms with van der Waals surface area (Å²) in [6, 6.07) is -0.896. The highest BCUT2D eigenvalue weighted by Crippen LogP contribution is 2.42. The summed E-state index contributed by atoms with van der Waals surface area (Å²) < 4.78 is 39.9. The van der Waals surface area contributed by atoms with Crippen molar-refractivity contribution in [1.82, 2.24) is 15.0 Å². The molecule has 136 valence electrons. The molecular formula is C18H23F3N4. The van der Waals surface area contributed by atoms with E-state index in [0.717, 1.165) is 24.1 Å². The van der Waals surface area contributed by atoms with E-state index in [2.05, 4.69) is 19.9 Å². The smallest absolute Gasteiger partial charge is 0.344 e. The molecule has 0 radical (unpaired) electrons. The zero-order valence-electron chi connectivity index (χ0n) is 14.9. The maximum Gasteiger partial charge on any atom is 0.396 e. The normalized spacial score (nSPS) is 18.0. The Kier molecular flexibility index (Phi) is 4.37. The van der Waals surface area contributed by atoms with Gasteiger partial charge in [0.15, 0.2) is 5.65 Å². The van der Waals surface area contributed by atoms with E-state index in [1.54, 1.807) is 12.4 Å². The number of nitrogens with zero attached hydrogens (tertiary/aromatic N) is 3. The number of halogens is 3. The van der Waals surface area contributed by atoms with E-state index >= 15 is 0 Å². The predicted molar refractivity (Wildman–Crippen MR) is 92.0 cm³/mol. The maximum atomic E-state index is 13.3. The molecule has 0 saturated heterocycles. The Morgan fingerprint density at radius 2 is 2.04 bits per heavy atom. The second-order valence-corrected chi connectivity index (χ2v) is 7.29. The van der Waals surface area contributed by atoms with Gasteiger partial charge in [-0.2, -0.15) is 13.2 Å². The van der Waals surface area contributed by atoms with Gasteiger partial charge in [0, 0.05) is 23.4 Å². The zero-order valence-corrected chi connectivity index (χ0v) is 14.9. The lowest BCUT2D eigenvalue weighted by atomic mass is 9.85. The van der Waals surface area contributed by atoms with Crippen LogP contribution in [0.2, 0.25) is 0 Å². The summed E-state index contributed by atoms with van der Waals surface area (Å²) >= 11 is 0. The van der Waals surface area contributed by atoms with Gasteiger partial charge in [-0.3, -0.25) is 4.99 Å². The number of hydrogen-bond acceptors (Lipinski definition) is 3. The minimum absolute atomic E-state index is 0.463. The topological polar surface area (TPSA) is 53.9 Å². The number of alkyl halides is 3. The summed E-state index contributed by atoms with van der Waals surface area (Å²) in [7, 11) is 0. The third kappa shape index (κ3) is 3.28. The van der Waals surface area contributed by atoms with Crippen LogP contribution < -0.4 is 0 Å². The molecule has 1 aliphatic rings. The quantitative estimate of drug-likeness (QED) is 0.769. The largest absolute Gasteiger partial charge is 0.396 e. The van der Waals surface area contributed by atoms with E-state index in [4.69, 9.17) is 0 Å². The lowest BCUT2D eigenvalue weighted by Crippen LogP contribution is -2.40. The van der Waals surface area contributed by atoms with Gasteiger partial charge in [0.2, 0.25) is 0 Å². The number of aliphatic imine (C=N–C) groups is 1. The summed E-state index contributed by atoms with van der Waals surface area (Å²) in [6.45, 7) is 5.78. The van der Waals surface area contributed by atoms with E-state index in [9.17, 15) is 13.2 Å². The molecule has 3 rings (SSSR count). The van der Waals surface area contributed by atoms with Crippen LogP contribution in [0.3, 0.4) is 0 Å². The van der Waals surface area contributed by atoms with Crippen molar-refractivity contribution in [3.8, 4) is 0 Å². The van der Waals surface area contributed by atoms with Crippen molar-refractivity contribution in [2.45, 2.75) is 65.1 Å². The Morgan fingerprint density at radius 3 is 2.60 bits per heavy atom. The van der Waals surface area contributed by atoms with Crippen LogP contribution in [0.4, 0.5) is 13.2 Å². The Balaban J connectivity index is 2.00. The molecule has 1 atom stereocenters. The average Bonchev–Trinajstić information content (AvgIpc) is 3.31. The lowest BCUT2D eigenvalue weighted by Gasteiger charge is -2.32. The van der Waals surface area contributed by atoms with E-state index in [1.807, 2.05) is 6.92 Å². The molecule has 0 aromatic carbocycles. The summed E-state index contributed by atoms with van der Waals surface area (Å²) in [5.41, 5.74) is 1.76. The van der Waals surface area contributed by atoms with E-state index in [0.29, 0.717) is 29.2 Å². The molecule has 1 N–H and O–H groups in total. The number of rotatable bonds is 5. The minimum Gasteiger partial charge on any atom is -0.344 e. The summed E-state index contributed by atoms with van der Waals surface area (Å²) in [5.74, 6) is 0.463. The van der Waals surface area contributed by atoms with E-state index in [1.165, 1.54) is 20.8 Å². The fourth-order valence-corrected chi connectivity index (χ4v) is 2.68. The molecule has 7 heteroatoms. The van der Waals surface area contributed by atoms with Gasteiger partial charge in [0.05, 0.1) is 23.3 Å². The maximum absolute atomic E-state index is 13.3. The molecule has 0 bridgehead atoms. The van der Waals surface area contributed by atoms with Gasteiger partial charge in [-0.25, -0.2) is 9.97 Å². The molecule has 2 heterocycles. The first-order chi connectivity index (χ1) is 11.6. The van der Waals surface area contributed by atoms with Crippen LogP contribution in [0.25, 0.3) is 11.2 Å². The second kappa shape index (κ2) is 6.11. The number of fused-ring (bicyclic) bond motifs is 1. The van der Waals surface area contributed by atoms with Crippen molar-refractivity contribution < 1.29 is 13.2 Å². The number of H-pyrrole nitrogens is 1. The molecule has 1 fully saturated rings. The number of nitrogens with one attached hydrogen (secondary N) is 1. The molecule has 0 amide bonds. The van der Waals surface area contributed by atoms with Crippen LogP contribution in [-0.4, -0.2) is 32.9 Å². The fraction of sp³-hybridized carbons (Fsp3) is 0.611. The Hall–Kier alpha value is -1.92. The summed E-state index contributed by atoms with van der Waals surface area (Å²) in [5, 5.41) is 0. The van der Waals surface area contributed by atoms with Gasteiger partial charge in [-0.15, -0.1) is 0 Å². The highest BCUT2D eigenvalue weighted by molar-refractivity contribution is 6.08. The van der Waals surface area contributed by atoms with Crippen LogP contribution in [0.15, 0.2) is 17.4 Å². The monoisotopic (exact) mass is 352 g/mol. The summed E-state index contributed by atoms with van der Waals surface area (Å²) in [6.07, 6.45) is 1.97. The molecule has 4 nitrogen and oxygen atoms in total. The third-order valence-corrected chi connectivity index (χ3v) is 5.17. The Morgan fingerprint density at radius 1 is 1.36 bits per heavy atom. The van der Waals surface area contributed by atoms with Gasteiger partial charge >= 0.3 is 6.18 Å². The number of hydrogen-bond donors (Lipinski definition) is 1. The van der Waals surface area contributed by atoms with E-state index in [-0.39, 0.29) is 0 Å². The highest BCUT2D eigenvalue weighted by Gasteiger charge is 2.51. The molecule has 1 saturated carbocycles. The fourth-order valence-electron chi connectivity index (χ4n) is 2.68.